The molecule has 33 heavy (non-hydrogen) atoms. The second-order valence-electron chi connectivity index (χ2n) is 8.41. The van der Waals surface area contributed by atoms with Gasteiger partial charge >= 0.3 is 0 Å². The number of hydrogen-bond acceptors (Lipinski definition) is 2. The second-order valence-corrected chi connectivity index (χ2v) is 9.83. The van der Waals surface area contributed by atoms with Crippen molar-refractivity contribution in [2.75, 3.05) is 21.1 Å². The summed E-state index contributed by atoms with van der Waals surface area (Å²) in [6.07, 6.45) is 12.4. The van der Waals surface area contributed by atoms with E-state index in [0.29, 0.717) is 0 Å². The van der Waals surface area contributed by atoms with Crippen LogP contribution < -0.4 is 4.48 Å². The molecule has 0 aliphatic carbocycles. The quantitative estimate of drug-likeness (QED) is 0.262. The molecule has 0 fully saturated rings. The van der Waals surface area contributed by atoms with Crippen LogP contribution in [0.15, 0.2) is 108 Å². The number of quaternary nitrogens is 1. The molecule has 1 N–H and O–H groups in total. The molecule has 0 aliphatic heterocycles. The number of hydrogen-bond donors (Lipinski definition) is 1. The summed E-state index contributed by atoms with van der Waals surface area (Å²) in [5.41, 5.74) is 4.69. The first kappa shape index (κ1) is 26.0. The fraction of sp³-hybridized carbons (Fsp3) is 0.143. The van der Waals surface area contributed by atoms with Crippen LogP contribution in [-0.2, 0) is 10.1 Å². The van der Waals surface area contributed by atoms with Crippen molar-refractivity contribution in [3.63, 3.8) is 0 Å². The minimum Gasteiger partial charge on any atom is -0.298 e. The molecular formula is C28H32NO3S+. The van der Waals surface area contributed by atoms with Crippen molar-refractivity contribution in [1.29, 1.82) is 0 Å². The Bertz CT molecular complexity index is 1180. The van der Waals surface area contributed by atoms with Gasteiger partial charge in [-0.2, -0.15) is 8.42 Å². The predicted octanol–water partition coefficient (Wildman–Crippen LogP) is 6.41. The Balaban J connectivity index is 0.000000294. The minimum absolute atomic E-state index is 0.0666. The van der Waals surface area contributed by atoms with Gasteiger partial charge in [-0.15, -0.1) is 0 Å². The molecule has 0 heterocycles. The monoisotopic (exact) mass is 462 g/mol. The lowest BCUT2D eigenvalue weighted by Gasteiger charge is -2.23. The van der Waals surface area contributed by atoms with Crippen LogP contribution in [0.2, 0.25) is 0 Å². The molecule has 0 spiro atoms. The van der Waals surface area contributed by atoms with Crippen LogP contribution >= 0.6 is 0 Å². The Morgan fingerprint density at radius 1 is 0.667 bits per heavy atom. The van der Waals surface area contributed by atoms with E-state index in [2.05, 4.69) is 81.8 Å². The standard InChI is InChI=1S/C21H24N.C7H8O3S/c1-22(2,3)21-17-15-20(16-18-21)14-8-5-4-7-11-19-12-9-6-10-13-19;1-6-2-4-7(5-3-6)11(8,9)10/h4-18H,1-3H3;2-5H,1H3,(H,8,9,10)/q+1;/b5-4+,11-7+,14-8+;. The third-order valence-electron chi connectivity index (χ3n) is 4.70. The Morgan fingerprint density at radius 3 is 1.61 bits per heavy atom. The molecule has 0 atom stereocenters. The van der Waals surface area contributed by atoms with E-state index in [1.807, 2.05) is 37.3 Å². The van der Waals surface area contributed by atoms with Crippen LogP contribution in [0.25, 0.3) is 12.2 Å². The first-order valence-electron chi connectivity index (χ1n) is 10.6. The molecular weight excluding hydrogens is 430 g/mol. The van der Waals surface area contributed by atoms with E-state index in [1.54, 1.807) is 12.1 Å². The molecule has 0 aromatic heterocycles. The second kappa shape index (κ2) is 12.1. The highest BCUT2D eigenvalue weighted by Gasteiger charge is 2.10. The van der Waals surface area contributed by atoms with Gasteiger partial charge in [0.2, 0.25) is 0 Å². The van der Waals surface area contributed by atoms with Crippen molar-refractivity contribution in [2.24, 2.45) is 0 Å². The topological polar surface area (TPSA) is 54.4 Å². The van der Waals surface area contributed by atoms with Crippen LogP contribution in [0.1, 0.15) is 16.7 Å². The molecule has 0 saturated heterocycles. The van der Waals surface area contributed by atoms with E-state index in [0.717, 1.165) is 10.0 Å². The predicted molar refractivity (Wildman–Crippen MR) is 141 cm³/mol. The van der Waals surface area contributed by atoms with Gasteiger partial charge in [-0.05, 0) is 54.4 Å². The molecule has 0 unspecified atom stereocenters. The summed E-state index contributed by atoms with van der Waals surface area (Å²) < 4.78 is 30.4. The third kappa shape index (κ3) is 9.83. The van der Waals surface area contributed by atoms with Gasteiger partial charge in [-0.3, -0.25) is 9.04 Å². The average Bonchev–Trinajstić information content (AvgIpc) is 2.77. The molecule has 0 bridgehead atoms. The van der Waals surface area contributed by atoms with Crippen LogP contribution in [0.3, 0.4) is 0 Å². The summed E-state index contributed by atoms with van der Waals surface area (Å²) >= 11 is 0. The smallest absolute Gasteiger partial charge is 0.294 e. The first-order chi connectivity index (χ1) is 15.6. The summed E-state index contributed by atoms with van der Waals surface area (Å²) in [7, 11) is 2.50. The highest BCUT2D eigenvalue weighted by Crippen LogP contribution is 2.17. The molecule has 0 aliphatic rings. The van der Waals surface area contributed by atoms with E-state index in [9.17, 15) is 8.42 Å². The Morgan fingerprint density at radius 2 is 1.15 bits per heavy atom. The summed E-state index contributed by atoms with van der Waals surface area (Å²) in [4.78, 5) is -0.0666. The maximum atomic E-state index is 10.5. The zero-order valence-electron chi connectivity index (χ0n) is 19.6. The maximum Gasteiger partial charge on any atom is 0.294 e. The fourth-order valence-corrected chi connectivity index (χ4v) is 3.25. The highest BCUT2D eigenvalue weighted by molar-refractivity contribution is 7.85. The van der Waals surface area contributed by atoms with E-state index in [1.165, 1.54) is 28.9 Å². The number of aryl methyl sites for hydroxylation is 1. The van der Waals surface area contributed by atoms with Crippen LogP contribution in [0.4, 0.5) is 5.69 Å². The van der Waals surface area contributed by atoms with E-state index in [4.69, 9.17) is 4.55 Å². The number of rotatable bonds is 6. The summed E-state index contributed by atoms with van der Waals surface area (Å²) in [5, 5.41) is 0. The van der Waals surface area contributed by atoms with E-state index < -0.39 is 10.1 Å². The molecule has 4 nitrogen and oxygen atoms in total. The largest absolute Gasteiger partial charge is 0.298 e. The average molecular weight is 463 g/mol. The van der Waals surface area contributed by atoms with Gasteiger partial charge in [0, 0.05) is 0 Å². The minimum atomic E-state index is -4.02. The first-order valence-corrected chi connectivity index (χ1v) is 12.0. The van der Waals surface area contributed by atoms with Crippen LogP contribution in [0.5, 0.6) is 0 Å². The SMILES string of the molecule is C[N+](C)(C)c1ccc(/C=C/C=C/C=C/c2ccccc2)cc1.Cc1ccc(S(=O)(=O)O)cc1. The van der Waals surface area contributed by atoms with Gasteiger partial charge in [0.15, 0.2) is 0 Å². The molecule has 172 valence electrons. The summed E-state index contributed by atoms with van der Waals surface area (Å²) in [6, 6.07) is 25.0. The lowest BCUT2D eigenvalue weighted by atomic mass is 10.1. The molecule has 0 saturated carbocycles. The molecule has 3 rings (SSSR count). The lowest BCUT2D eigenvalue weighted by molar-refractivity contribution is 0.483. The molecule has 3 aromatic carbocycles. The van der Waals surface area contributed by atoms with Crippen molar-refractivity contribution in [3.8, 4) is 0 Å². The maximum absolute atomic E-state index is 10.5. The zero-order chi connectivity index (χ0) is 24.3. The molecule has 0 amide bonds. The molecule has 5 heteroatoms. The van der Waals surface area contributed by atoms with E-state index in [-0.39, 0.29) is 4.90 Å². The van der Waals surface area contributed by atoms with Crippen molar-refractivity contribution in [3.05, 3.63) is 120 Å². The molecule has 3 aromatic rings. The van der Waals surface area contributed by atoms with Gasteiger partial charge in [-0.1, -0.05) is 84.5 Å². The normalized spacial score (nSPS) is 12.3. The fourth-order valence-electron chi connectivity index (χ4n) is 2.77. The van der Waals surface area contributed by atoms with Gasteiger partial charge < -0.3 is 0 Å². The van der Waals surface area contributed by atoms with Gasteiger partial charge in [0.1, 0.15) is 5.69 Å². The lowest BCUT2D eigenvalue weighted by Crippen LogP contribution is -2.34. The van der Waals surface area contributed by atoms with E-state index >= 15 is 0 Å². The summed E-state index contributed by atoms with van der Waals surface area (Å²) in [6.45, 7) is 1.84. The zero-order valence-corrected chi connectivity index (χ0v) is 20.4. The van der Waals surface area contributed by atoms with Crippen molar-refractivity contribution in [2.45, 2.75) is 11.8 Å². The van der Waals surface area contributed by atoms with Crippen molar-refractivity contribution >= 4 is 28.0 Å². The van der Waals surface area contributed by atoms with Crippen molar-refractivity contribution < 1.29 is 13.0 Å². The van der Waals surface area contributed by atoms with Crippen molar-refractivity contribution in [1.82, 2.24) is 4.48 Å². The molecule has 0 radical (unpaired) electrons. The van der Waals surface area contributed by atoms with Crippen LogP contribution in [-0.4, -0.2) is 34.1 Å². The number of allylic oxidation sites excluding steroid dienone is 4. The van der Waals surface area contributed by atoms with Gasteiger partial charge in [0.05, 0.1) is 26.0 Å². The highest BCUT2D eigenvalue weighted by atomic mass is 32.2. The van der Waals surface area contributed by atoms with Gasteiger partial charge in [0.25, 0.3) is 10.1 Å². The number of benzene rings is 3. The Hall–Kier alpha value is -3.25. The third-order valence-corrected chi connectivity index (χ3v) is 5.56. The Kier molecular flexibility index (Phi) is 9.55. The Labute approximate surface area is 198 Å². The van der Waals surface area contributed by atoms with Crippen LogP contribution in [0, 0.1) is 6.92 Å². The number of nitrogens with zero attached hydrogens (tertiary/aromatic N) is 1. The van der Waals surface area contributed by atoms with Gasteiger partial charge in [-0.25, -0.2) is 0 Å². The summed E-state index contributed by atoms with van der Waals surface area (Å²) in [5.74, 6) is 0.